The van der Waals surface area contributed by atoms with E-state index in [-0.39, 0.29) is 5.54 Å². The van der Waals surface area contributed by atoms with Crippen LogP contribution in [0.4, 0.5) is 5.69 Å². The molecule has 4 heteroatoms. The molecular weight excluding hydrogens is 238 g/mol. The van der Waals surface area contributed by atoms with Crippen LogP contribution in [0.15, 0.2) is 24.3 Å². The molecule has 0 spiro atoms. The summed E-state index contributed by atoms with van der Waals surface area (Å²) in [4.78, 5) is 4.74. The van der Waals surface area contributed by atoms with Crippen molar-refractivity contribution in [1.82, 2.24) is 4.90 Å². The molecule has 0 radical (unpaired) electrons. The Morgan fingerprint density at radius 3 is 2.42 bits per heavy atom. The van der Waals surface area contributed by atoms with Crippen LogP contribution in [-0.4, -0.2) is 50.3 Å². The third-order valence-electron chi connectivity index (χ3n) is 3.31. The Labute approximate surface area is 116 Å². The van der Waals surface area contributed by atoms with Gasteiger partial charge in [0.2, 0.25) is 0 Å². The molecule has 0 amide bonds. The lowest BCUT2D eigenvalue weighted by Gasteiger charge is -2.35. The van der Waals surface area contributed by atoms with E-state index in [1.54, 1.807) is 0 Å². The third kappa shape index (κ3) is 4.11. The fraction of sp³-hybridized carbons (Fsp3) is 0.600. The first-order valence-electron chi connectivity index (χ1n) is 6.90. The number of ether oxygens (including phenoxy) is 1. The van der Waals surface area contributed by atoms with Crippen LogP contribution in [0.5, 0.6) is 5.75 Å². The molecule has 19 heavy (non-hydrogen) atoms. The molecule has 2 N–H and O–H groups in total. The molecule has 2 rings (SSSR count). The zero-order chi connectivity index (χ0) is 13.9. The van der Waals surface area contributed by atoms with Gasteiger partial charge in [-0.25, -0.2) is 0 Å². The Morgan fingerprint density at radius 1 is 1.16 bits per heavy atom. The predicted molar refractivity (Wildman–Crippen MR) is 79.9 cm³/mol. The Balaban J connectivity index is 2.08. The maximum Gasteiger partial charge on any atom is 0.142 e. The number of nitrogens with two attached hydrogens (primary N) is 1. The molecule has 4 nitrogen and oxygen atoms in total. The summed E-state index contributed by atoms with van der Waals surface area (Å²) in [5.74, 6) is 0.936. The van der Waals surface area contributed by atoms with Gasteiger partial charge in [0.15, 0.2) is 0 Å². The smallest absolute Gasteiger partial charge is 0.142 e. The molecule has 106 valence electrons. The van der Waals surface area contributed by atoms with Gasteiger partial charge in [-0.15, -0.1) is 0 Å². The van der Waals surface area contributed by atoms with E-state index in [4.69, 9.17) is 10.5 Å². The van der Waals surface area contributed by atoms with Crippen LogP contribution in [0, 0.1) is 0 Å². The van der Waals surface area contributed by atoms with Crippen molar-refractivity contribution < 1.29 is 4.74 Å². The summed E-state index contributed by atoms with van der Waals surface area (Å²) in [5.41, 5.74) is 6.85. The van der Waals surface area contributed by atoms with Crippen molar-refractivity contribution in [1.29, 1.82) is 0 Å². The van der Waals surface area contributed by atoms with E-state index in [2.05, 4.69) is 29.0 Å². The molecular formula is C15H25N3O. The Bertz CT molecular complexity index is 406. The number of benzene rings is 1. The topological polar surface area (TPSA) is 41.7 Å². The molecule has 1 aromatic rings. The maximum absolute atomic E-state index is 5.98. The zero-order valence-corrected chi connectivity index (χ0v) is 12.2. The lowest BCUT2D eigenvalue weighted by Crippen LogP contribution is -2.44. The summed E-state index contributed by atoms with van der Waals surface area (Å²) < 4.78 is 5.90. The molecule has 0 atom stereocenters. The van der Waals surface area contributed by atoms with Gasteiger partial charge in [0.1, 0.15) is 12.4 Å². The van der Waals surface area contributed by atoms with E-state index in [9.17, 15) is 0 Å². The average molecular weight is 263 g/mol. The quantitative estimate of drug-likeness (QED) is 0.895. The van der Waals surface area contributed by atoms with Crippen LogP contribution in [0.1, 0.15) is 13.8 Å². The molecule has 0 aliphatic carbocycles. The molecule has 0 saturated carbocycles. The summed E-state index contributed by atoms with van der Waals surface area (Å²) in [6, 6.07) is 8.23. The summed E-state index contributed by atoms with van der Waals surface area (Å²) in [6.45, 7) is 8.76. The highest BCUT2D eigenvalue weighted by Crippen LogP contribution is 2.29. The van der Waals surface area contributed by atoms with Crippen molar-refractivity contribution in [3.63, 3.8) is 0 Å². The third-order valence-corrected chi connectivity index (χ3v) is 3.31. The predicted octanol–water partition coefficient (Wildman–Crippen LogP) is 1.55. The fourth-order valence-corrected chi connectivity index (χ4v) is 2.15. The number of anilines is 1. The Kier molecular flexibility index (Phi) is 4.32. The van der Waals surface area contributed by atoms with Crippen LogP contribution < -0.4 is 15.4 Å². The summed E-state index contributed by atoms with van der Waals surface area (Å²) in [7, 11) is 2.16. The minimum absolute atomic E-state index is 0.310. The summed E-state index contributed by atoms with van der Waals surface area (Å²) >= 11 is 0. The number of likely N-dealkylation sites (N-methyl/N-ethyl adjacent to an activating group) is 1. The lowest BCUT2D eigenvalue weighted by molar-refractivity contribution is 0.242. The maximum atomic E-state index is 5.98. The Hall–Kier alpha value is -1.26. The highest BCUT2D eigenvalue weighted by molar-refractivity contribution is 5.58. The number of hydrogen-bond donors (Lipinski definition) is 1. The van der Waals surface area contributed by atoms with Gasteiger partial charge in [0.25, 0.3) is 0 Å². The summed E-state index contributed by atoms with van der Waals surface area (Å²) in [5, 5.41) is 0. The van der Waals surface area contributed by atoms with Gasteiger partial charge in [0, 0.05) is 31.7 Å². The summed E-state index contributed by atoms with van der Waals surface area (Å²) in [6.07, 6.45) is 0. The van der Waals surface area contributed by atoms with Crippen LogP contribution in [0.3, 0.4) is 0 Å². The average Bonchev–Trinajstić information content (AvgIpc) is 2.37. The second-order valence-electron chi connectivity index (χ2n) is 6.04. The molecule has 0 bridgehead atoms. The van der Waals surface area contributed by atoms with Crippen LogP contribution in [0.25, 0.3) is 0 Å². The monoisotopic (exact) mass is 263 g/mol. The number of piperazine rings is 1. The van der Waals surface area contributed by atoms with E-state index in [1.165, 1.54) is 5.69 Å². The van der Waals surface area contributed by atoms with Crippen molar-refractivity contribution in [3.8, 4) is 5.75 Å². The normalized spacial score (nSPS) is 17.6. The van der Waals surface area contributed by atoms with Crippen molar-refractivity contribution in [2.45, 2.75) is 19.4 Å². The molecule has 1 saturated heterocycles. The largest absolute Gasteiger partial charge is 0.490 e. The Morgan fingerprint density at radius 2 is 1.79 bits per heavy atom. The SMILES string of the molecule is CN1CCN(c2ccccc2OCC(C)(C)N)CC1. The van der Waals surface area contributed by atoms with Crippen LogP contribution >= 0.6 is 0 Å². The molecule has 1 fully saturated rings. The van der Waals surface area contributed by atoms with E-state index < -0.39 is 0 Å². The molecule has 1 aliphatic heterocycles. The number of para-hydroxylation sites is 2. The molecule has 1 aromatic carbocycles. The van der Waals surface area contributed by atoms with Crippen LogP contribution in [0.2, 0.25) is 0 Å². The van der Waals surface area contributed by atoms with Gasteiger partial charge in [-0.1, -0.05) is 12.1 Å². The van der Waals surface area contributed by atoms with E-state index >= 15 is 0 Å². The zero-order valence-electron chi connectivity index (χ0n) is 12.2. The van der Waals surface area contributed by atoms with Gasteiger partial charge in [-0.2, -0.15) is 0 Å². The first kappa shape index (κ1) is 14.2. The van der Waals surface area contributed by atoms with Crippen molar-refractivity contribution in [2.75, 3.05) is 44.7 Å². The van der Waals surface area contributed by atoms with Gasteiger partial charge < -0.3 is 20.3 Å². The van der Waals surface area contributed by atoms with E-state index in [0.717, 1.165) is 31.9 Å². The van der Waals surface area contributed by atoms with Gasteiger partial charge >= 0.3 is 0 Å². The molecule has 0 aromatic heterocycles. The first-order valence-corrected chi connectivity index (χ1v) is 6.90. The fourth-order valence-electron chi connectivity index (χ4n) is 2.15. The number of nitrogens with zero attached hydrogens (tertiary/aromatic N) is 2. The highest BCUT2D eigenvalue weighted by atomic mass is 16.5. The standard InChI is InChI=1S/C15H25N3O/c1-15(2,16)12-19-14-7-5-4-6-13(14)18-10-8-17(3)9-11-18/h4-7H,8-12,16H2,1-3H3. The highest BCUT2D eigenvalue weighted by Gasteiger charge is 2.18. The van der Waals surface area contributed by atoms with Gasteiger partial charge in [-0.3, -0.25) is 0 Å². The molecule has 0 unspecified atom stereocenters. The van der Waals surface area contributed by atoms with E-state index in [0.29, 0.717) is 6.61 Å². The minimum atomic E-state index is -0.310. The van der Waals surface area contributed by atoms with Crippen molar-refractivity contribution in [2.24, 2.45) is 5.73 Å². The second-order valence-corrected chi connectivity index (χ2v) is 6.04. The van der Waals surface area contributed by atoms with Crippen molar-refractivity contribution in [3.05, 3.63) is 24.3 Å². The van der Waals surface area contributed by atoms with Crippen molar-refractivity contribution >= 4 is 5.69 Å². The van der Waals surface area contributed by atoms with E-state index in [1.807, 2.05) is 26.0 Å². The lowest BCUT2D eigenvalue weighted by atomic mass is 10.1. The number of rotatable bonds is 4. The first-order chi connectivity index (χ1) is 8.96. The second kappa shape index (κ2) is 5.80. The minimum Gasteiger partial charge on any atom is -0.490 e. The molecule has 1 heterocycles. The van der Waals surface area contributed by atoms with Gasteiger partial charge in [0.05, 0.1) is 5.69 Å². The van der Waals surface area contributed by atoms with Gasteiger partial charge in [-0.05, 0) is 33.0 Å². The van der Waals surface area contributed by atoms with Crippen LogP contribution in [-0.2, 0) is 0 Å². The number of hydrogen-bond acceptors (Lipinski definition) is 4. The molecule has 1 aliphatic rings.